The van der Waals surface area contributed by atoms with Gasteiger partial charge in [-0.05, 0) is 24.6 Å². The van der Waals surface area contributed by atoms with Gasteiger partial charge in [-0.15, -0.1) is 12.4 Å². The van der Waals surface area contributed by atoms with E-state index in [1.807, 2.05) is 13.0 Å². The third-order valence-electron chi connectivity index (χ3n) is 3.18. The van der Waals surface area contributed by atoms with Gasteiger partial charge in [0.15, 0.2) is 0 Å². The molecule has 8 nitrogen and oxygen atoms in total. The summed E-state index contributed by atoms with van der Waals surface area (Å²) >= 11 is 0. The van der Waals surface area contributed by atoms with Crippen LogP contribution < -0.4 is 15.8 Å². The molecule has 0 atom stereocenters. The Morgan fingerprint density at radius 3 is 2.65 bits per heavy atom. The van der Waals surface area contributed by atoms with E-state index in [1.54, 1.807) is 6.07 Å². The summed E-state index contributed by atoms with van der Waals surface area (Å²) < 4.78 is 27.8. The Bertz CT molecular complexity index is 874. The van der Waals surface area contributed by atoms with Crippen molar-refractivity contribution in [3.8, 4) is 11.6 Å². The van der Waals surface area contributed by atoms with Crippen LogP contribution in [-0.2, 0) is 16.4 Å². The number of rotatable bonds is 7. The highest BCUT2D eigenvalue weighted by Crippen LogP contribution is 2.21. The fraction of sp³-hybridized carbons (Fsp3) is 0.312. The summed E-state index contributed by atoms with van der Waals surface area (Å²) in [5.74, 6) is 0.146. The van der Waals surface area contributed by atoms with Gasteiger partial charge in [-0.1, -0.05) is 0 Å². The third-order valence-corrected chi connectivity index (χ3v) is 4.13. The summed E-state index contributed by atoms with van der Waals surface area (Å²) in [6.45, 7) is 2.22. The predicted octanol–water partition coefficient (Wildman–Crippen LogP) is 1.23. The van der Waals surface area contributed by atoms with Crippen molar-refractivity contribution >= 4 is 28.2 Å². The zero-order valence-electron chi connectivity index (χ0n) is 14.4. The van der Waals surface area contributed by atoms with Gasteiger partial charge in [-0.3, -0.25) is 9.78 Å². The van der Waals surface area contributed by atoms with E-state index >= 15 is 0 Å². The number of ether oxygens (including phenoxy) is 1. The Hall–Kier alpha value is -2.23. The molecule has 142 valence electrons. The van der Waals surface area contributed by atoms with Gasteiger partial charge in [0.2, 0.25) is 5.88 Å². The first-order chi connectivity index (χ1) is 11.8. The van der Waals surface area contributed by atoms with Gasteiger partial charge in [0.05, 0.1) is 17.5 Å². The first kappa shape index (κ1) is 21.8. The first-order valence-corrected chi connectivity index (χ1v) is 9.59. The minimum absolute atomic E-state index is 0. The summed E-state index contributed by atoms with van der Waals surface area (Å²) in [6.07, 6.45) is 3.94. The smallest absolute Gasteiger partial charge is 0.253 e. The molecule has 26 heavy (non-hydrogen) atoms. The molecule has 1 amide bonds. The van der Waals surface area contributed by atoms with E-state index in [1.165, 1.54) is 18.5 Å². The number of amides is 1. The van der Waals surface area contributed by atoms with Gasteiger partial charge in [0, 0.05) is 37.3 Å². The third kappa shape index (κ3) is 6.95. The molecule has 2 rings (SSSR count). The number of nitrogens with one attached hydrogen (secondary N) is 1. The van der Waals surface area contributed by atoms with Crippen LogP contribution in [0.1, 0.15) is 21.6 Å². The first-order valence-electron chi connectivity index (χ1n) is 7.53. The van der Waals surface area contributed by atoms with E-state index in [0.717, 1.165) is 17.5 Å². The minimum Gasteiger partial charge on any atom is -0.437 e. The quantitative estimate of drug-likeness (QED) is 0.716. The van der Waals surface area contributed by atoms with Crippen molar-refractivity contribution in [2.75, 3.05) is 18.6 Å². The van der Waals surface area contributed by atoms with Gasteiger partial charge in [-0.2, -0.15) is 0 Å². The molecular formula is C16H21ClN4O4S. The standard InChI is InChI=1S/C16H20N4O4S.ClH/c1-11-5-12(8-17)6-15(20-11)24-14-7-13(9-18-10-14)16(21)19-3-4-25(2,22)23;/h5-7,9-10H,3-4,8,17H2,1-2H3,(H,19,21);1H. The van der Waals surface area contributed by atoms with Crippen molar-refractivity contribution in [3.63, 3.8) is 0 Å². The fourth-order valence-electron chi connectivity index (χ4n) is 2.05. The van der Waals surface area contributed by atoms with E-state index in [0.29, 0.717) is 18.2 Å². The van der Waals surface area contributed by atoms with Crippen molar-refractivity contribution in [1.82, 2.24) is 15.3 Å². The van der Waals surface area contributed by atoms with E-state index in [9.17, 15) is 13.2 Å². The minimum atomic E-state index is -3.14. The van der Waals surface area contributed by atoms with Gasteiger partial charge in [0.25, 0.3) is 5.91 Å². The lowest BCUT2D eigenvalue weighted by Gasteiger charge is -2.09. The van der Waals surface area contributed by atoms with Crippen LogP contribution in [-0.4, -0.2) is 42.8 Å². The molecule has 2 aromatic rings. The maximum absolute atomic E-state index is 12.1. The van der Waals surface area contributed by atoms with E-state index in [-0.39, 0.29) is 30.3 Å². The maximum Gasteiger partial charge on any atom is 0.253 e. The van der Waals surface area contributed by atoms with Crippen LogP contribution in [0, 0.1) is 6.92 Å². The van der Waals surface area contributed by atoms with E-state index in [2.05, 4.69) is 15.3 Å². The Labute approximate surface area is 158 Å². The Kier molecular flexibility index (Phi) is 7.94. The number of hydrogen-bond acceptors (Lipinski definition) is 7. The van der Waals surface area contributed by atoms with Crippen LogP contribution in [0.3, 0.4) is 0 Å². The predicted molar refractivity (Wildman–Crippen MR) is 100 cm³/mol. The zero-order valence-corrected chi connectivity index (χ0v) is 16.1. The lowest BCUT2D eigenvalue weighted by atomic mass is 10.2. The largest absolute Gasteiger partial charge is 0.437 e. The summed E-state index contributed by atoms with van der Waals surface area (Å²) in [7, 11) is -3.14. The van der Waals surface area contributed by atoms with Crippen molar-refractivity contribution < 1.29 is 17.9 Å². The molecule has 0 spiro atoms. The lowest BCUT2D eigenvalue weighted by molar-refractivity contribution is 0.0955. The Balaban J connectivity index is 0.00000338. The molecule has 0 bridgehead atoms. The molecule has 0 saturated heterocycles. The average Bonchev–Trinajstić information content (AvgIpc) is 2.53. The van der Waals surface area contributed by atoms with Crippen molar-refractivity contribution in [3.05, 3.63) is 47.4 Å². The Morgan fingerprint density at radius 1 is 1.27 bits per heavy atom. The van der Waals surface area contributed by atoms with Crippen LogP contribution in [0.5, 0.6) is 11.6 Å². The normalized spacial score (nSPS) is 10.7. The highest BCUT2D eigenvalue weighted by atomic mass is 35.5. The van der Waals surface area contributed by atoms with Gasteiger partial charge < -0.3 is 15.8 Å². The monoisotopic (exact) mass is 400 g/mol. The molecule has 0 aliphatic rings. The van der Waals surface area contributed by atoms with Crippen molar-refractivity contribution in [2.24, 2.45) is 5.73 Å². The molecule has 10 heteroatoms. The number of carbonyl (C=O) groups excluding carboxylic acids is 1. The van der Waals surface area contributed by atoms with Crippen LogP contribution in [0.4, 0.5) is 0 Å². The van der Waals surface area contributed by atoms with Crippen LogP contribution in [0.15, 0.2) is 30.6 Å². The molecule has 2 heterocycles. The molecule has 0 aliphatic heterocycles. The van der Waals surface area contributed by atoms with Crippen LogP contribution in [0.2, 0.25) is 0 Å². The number of aromatic nitrogens is 2. The van der Waals surface area contributed by atoms with Crippen molar-refractivity contribution in [1.29, 1.82) is 0 Å². The second kappa shape index (κ2) is 9.46. The maximum atomic E-state index is 12.1. The average molecular weight is 401 g/mol. The zero-order chi connectivity index (χ0) is 18.4. The summed E-state index contributed by atoms with van der Waals surface area (Å²) in [6, 6.07) is 5.08. The van der Waals surface area contributed by atoms with Crippen LogP contribution in [0.25, 0.3) is 0 Å². The second-order valence-corrected chi connectivity index (χ2v) is 7.82. The van der Waals surface area contributed by atoms with Gasteiger partial charge in [-0.25, -0.2) is 13.4 Å². The number of pyridine rings is 2. The van der Waals surface area contributed by atoms with Crippen molar-refractivity contribution in [2.45, 2.75) is 13.5 Å². The number of hydrogen-bond donors (Lipinski definition) is 2. The lowest BCUT2D eigenvalue weighted by Crippen LogP contribution is -2.28. The fourth-order valence-corrected chi connectivity index (χ4v) is 2.52. The molecule has 0 aromatic carbocycles. The molecule has 2 aromatic heterocycles. The van der Waals surface area contributed by atoms with Gasteiger partial charge >= 0.3 is 0 Å². The topological polar surface area (TPSA) is 124 Å². The second-order valence-electron chi connectivity index (χ2n) is 5.56. The molecule has 0 unspecified atom stereocenters. The summed E-state index contributed by atoms with van der Waals surface area (Å²) in [4.78, 5) is 20.3. The Morgan fingerprint density at radius 2 is 2.00 bits per heavy atom. The number of sulfone groups is 1. The number of nitrogens with two attached hydrogens (primary N) is 1. The molecule has 0 aliphatic carbocycles. The SMILES string of the molecule is Cc1cc(CN)cc(Oc2cncc(C(=O)NCCS(C)(=O)=O)c2)n1.Cl. The highest BCUT2D eigenvalue weighted by Gasteiger charge is 2.10. The number of carbonyl (C=O) groups is 1. The number of halogens is 1. The van der Waals surface area contributed by atoms with Gasteiger partial charge in [0.1, 0.15) is 15.6 Å². The van der Waals surface area contributed by atoms with Crippen LogP contribution >= 0.6 is 12.4 Å². The number of aryl methyl sites for hydroxylation is 1. The molecule has 0 saturated carbocycles. The molecule has 3 N–H and O–H groups in total. The molecular weight excluding hydrogens is 380 g/mol. The molecule has 0 radical (unpaired) electrons. The highest BCUT2D eigenvalue weighted by molar-refractivity contribution is 7.90. The summed E-state index contributed by atoms with van der Waals surface area (Å²) in [5.41, 5.74) is 7.54. The van der Waals surface area contributed by atoms with E-state index in [4.69, 9.17) is 10.5 Å². The van der Waals surface area contributed by atoms with E-state index < -0.39 is 15.7 Å². The summed E-state index contributed by atoms with van der Waals surface area (Å²) in [5, 5.41) is 2.53. The molecule has 0 fully saturated rings. The number of nitrogens with zero attached hydrogens (tertiary/aromatic N) is 2.